The first-order chi connectivity index (χ1) is 8.50. The van der Waals surface area contributed by atoms with Gasteiger partial charge in [-0.15, -0.1) is 0 Å². The van der Waals surface area contributed by atoms with E-state index in [1.807, 2.05) is 30.7 Å². The van der Waals surface area contributed by atoms with Crippen molar-refractivity contribution < 1.29 is 4.74 Å². The molecule has 0 aliphatic carbocycles. The highest BCUT2D eigenvalue weighted by Crippen LogP contribution is 2.25. The van der Waals surface area contributed by atoms with Crippen molar-refractivity contribution in [3.05, 3.63) is 39.9 Å². The van der Waals surface area contributed by atoms with Crippen LogP contribution in [-0.2, 0) is 7.05 Å². The normalized spacial score (nSPS) is 12.4. The second kappa shape index (κ2) is 4.94. The van der Waals surface area contributed by atoms with Crippen LogP contribution in [0.15, 0.2) is 18.2 Å². The van der Waals surface area contributed by atoms with Crippen LogP contribution >= 0.6 is 12.2 Å². The largest absolute Gasteiger partial charge is 0.482 e. The van der Waals surface area contributed by atoms with Crippen LogP contribution in [0.5, 0.6) is 5.75 Å². The summed E-state index contributed by atoms with van der Waals surface area (Å²) in [6.45, 7) is 6.09. The molecule has 96 valence electrons. The molecule has 2 rings (SSSR count). The summed E-state index contributed by atoms with van der Waals surface area (Å²) in [4.78, 5) is 0. The van der Waals surface area contributed by atoms with Crippen molar-refractivity contribution in [2.45, 2.75) is 26.9 Å². The smallest absolute Gasteiger partial charge is 0.195 e. The van der Waals surface area contributed by atoms with E-state index >= 15 is 0 Å². The molecular weight excluding hydrogens is 246 g/mol. The molecule has 0 aliphatic heterocycles. The Kier molecular flexibility index (Phi) is 3.52. The molecule has 1 N–H and O–H groups in total. The Morgan fingerprint density at radius 2 is 2.11 bits per heavy atom. The van der Waals surface area contributed by atoms with Gasteiger partial charge in [0.2, 0.25) is 0 Å². The summed E-state index contributed by atoms with van der Waals surface area (Å²) in [7, 11) is 1.88. The van der Waals surface area contributed by atoms with Crippen LogP contribution in [0.25, 0.3) is 0 Å². The van der Waals surface area contributed by atoms with Crippen molar-refractivity contribution in [3.63, 3.8) is 0 Å². The number of hydrogen-bond acceptors (Lipinski definition) is 3. The molecule has 18 heavy (non-hydrogen) atoms. The second-order valence-corrected chi connectivity index (χ2v) is 4.79. The van der Waals surface area contributed by atoms with Gasteiger partial charge in [-0.25, -0.2) is 0 Å². The number of nitrogens with zero attached hydrogens (tertiary/aromatic N) is 2. The average Bonchev–Trinajstić information content (AvgIpc) is 2.66. The van der Waals surface area contributed by atoms with E-state index in [4.69, 9.17) is 17.0 Å². The Hall–Kier alpha value is -1.62. The van der Waals surface area contributed by atoms with E-state index in [2.05, 4.69) is 30.1 Å². The van der Waals surface area contributed by atoms with Crippen molar-refractivity contribution in [1.29, 1.82) is 0 Å². The Morgan fingerprint density at radius 1 is 1.39 bits per heavy atom. The molecule has 1 heterocycles. The van der Waals surface area contributed by atoms with Crippen LogP contribution in [0.3, 0.4) is 0 Å². The standard InChI is InChI=1S/C13H17N3OS/c1-8-6-5-7-11(9(8)2)17-10(3)12-14-15-13(18)16(12)4/h5-7,10H,1-4H3,(H,15,18)/t10-/m1/s1. The highest BCUT2D eigenvalue weighted by atomic mass is 32.1. The van der Waals surface area contributed by atoms with E-state index in [-0.39, 0.29) is 6.10 Å². The summed E-state index contributed by atoms with van der Waals surface area (Å²) in [5.41, 5.74) is 2.37. The first-order valence-corrected chi connectivity index (χ1v) is 6.25. The summed E-state index contributed by atoms with van der Waals surface area (Å²) in [5, 5.41) is 6.95. The SMILES string of the molecule is Cc1cccc(O[C@H](C)c2n[nH]c(=S)n2C)c1C. The molecule has 0 amide bonds. The van der Waals surface area contributed by atoms with Gasteiger partial charge >= 0.3 is 0 Å². The Balaban J connectivity index is 2.27. The number of hydrogen-bond donors (Lipinski definition) is 1. The van der Waals surface area contributed by atoms with Gasteiger partial charge in [0.1, 0.15) is 5.75 Å². The fourth-order valence-corrected chi connectivity index (χ4v) is 1.96. The summed E-state index contributed by atoms with van der Waals surface area (Å²) in [6, 6.07) is 6.04. The molecule has 0 fully saturated rings. The molecule has 1 aromatic carbocycles. The number of aromatic amines is 1. The van der Waals surface area contributed by atoms with E-state index in [9.17, 15) is 0 Å². The van der Waals surface area contributed by atoms with Crippen LogP contribution in [0.2, 0.25) is 0 Å². The minimum absolute atomic E-state index is 0.150. The molecule has 5 heteroatoms. The van der Waals surface area contributed by atoms with E-state index in [1.54, 1.807) is 0 Å². The lowest BCUT2D eigenvalue weighted by atomic mass is 10.1. The van der Waals surface area contributed by atoms with Crippen LogP contribution in [-0.4, -0.2) is 14.8 Å². The third kappa shape index (κ3) is 2.31. The predicted molar refractivity (Wildman–Crippen MR) is 73.4 cm³/mol. The maximum absolute atomic E-state index is 5.96. The monoisotopic (exact) mass is 263 g/mol. The van der Waals surface area contributed by atoms with Crippen LogP contribution in [0.4, 0.5) is 0 Å². The predicted octanol–water partition coefficient (Wildman–Crippen LogP) is 3.23. The van der Waals surface area contributed by atoms with E-state index in [0.717, 1.165) is 17.1 Å². The van der Waals surface area contributed by atoms with Crippen molar-refractivity contribution in [2.75, 3.05) is 0 Å². The van der Waals surface area contributed by atoms with Crippen molar-refractivity contribution in [1.82, 2.24) is 14.8 Å². The van der Waals surface area contributed by atoms with E-state index in [1.165, 1.54) is 5.56 Å². The number of benzene rings is 1. The Morgan fingerprint density at radius 3 is 2.72 bits per heavy atom. The number of aromatic nitrogens is 3. The van der Waals surface area contributed by atoms with Crippen molar-refractivity contribution in [3.8, 4) is 5.75 Å². The molecule has 2 aromatic rings. The fraction of sp³-hybridized carbons (Fsp3) is 0.385. The maximum atomic E-state index is 5.96. The molecule has 0 saturated heterocycles. The van der Waals surface area contributed by atoms with Crippen LogP contribution in [0.1, 0.15) is 30.0 Å². The van der Waals surface area contributed by atoms with E-state index in [0.29, 0.717) is 4.77 Å². The minimum Gasteiger partial charge on any atom is -0.482 e. The number of aryl methyl sites for hydroxylation is 1. The summed E-state index contributed by atoms with van der Waals surface area (Å²) < 4.78 is 8.38. The minimum atomic E-state index is -0.150. The number of H-pyrrole nitrogens is 1. The highest BCUT2D eigenvalue weighted by Gasteiger charge is 2.15. The molecule has 0 aliphatic rings. The zero-order valence-corrected chi connectivity index (χ0v) is 11.8. The Labute approximate surface area is 112 Å². The van der Waals surface area contributed by atoms with Gasteiger partial charge in [0.15, 0.2) is 16.7 Å². The molecule has 1 atom stereocenters. The van der Waals surface area contributed by atoms with Crippen molar-refractivity contribution >= 4 is 12.2 Å². The second-order valence-electron chi connectivity index (χ2n) is 4.40. The lowest BCUT2D eigenvalue weighted by molar-refractivity contribution is 0.210. The van der Waals surface area contributed by atoms with Gasteiger partial charge in [-0.2, -0.15) is 5.10 Å². The molecule has 1 aromatic heterocycles. The molecular formula is C13H17N3OS. The molecule has 0 spiro atoms. The van der Waals surface area contributed by atoms with Gasteiger partial charge in [0.05, 0.1) is 0 Å². The average molecular weight is 263 g/mol. The summed E-state index contributed by atoms with van der Waals surface area (Å²) >= 11 is 5.09. The van der Waals surface area contributed by atoms with Crippen molar-refractivity contribution in [2.24, 2.45) is 7.05 Å². The third-order valence-electron chi connectivity index (χ3n) is 3.14. The first kappa shape index (κ1) is 12.8. The number of ether oxygens (including phenoxy) is 1. The molecule has 0 radical (unpaired) electrons. The molecule has 0 saturated carbocycles. The summed E-state index contributed by atoms with van der Waals surface area (Å²) in [5.74, 6) is 1.68. The van der Waals surface area contributed by atoms with E-state index < -0.39 is 0 Å². The maximum Gasteiger partial charge on any atom is 0.195 e. The van der Waals surface area contributed by atoms with Gasteiger partial charge in [0.25, 0.3) is 0 Å². The van der Waals surface area contributed by atoms with Crippen LogP contribution in [0, 0.1) is 18.6 Å². The van der Waals surface area contributed by atoms with Gasteiger partial charge in [-0.3, -0.25) is 5.10 Å². The van der Waals surface area contributed by atoms with Gasteiger partial charge < -0.3 is 9.30 Å². The van der Waals surface area contributed by atoms with Gasteiger partial charge in [0, 0.05) is 7.05 Å². The first-order valence-electron chi connectivity index (χ1n) is 5.85. The third-order valence-corrected chi connectivity index (χ3v) is 3.50. The fourth-order valence-electron chi connectivity index (χ4n) is 1.82. The number of rotatable bonds is 3. The molecule has 0 unspecified atom stereocenters. The quantitative estimate of drug-likeness (QED) is 0.864. The van der Waals surface area contributed by atoms with Gasteiger partial charge in [-0.05, 0) is 50.2 Å². The zero-order valence-electron chi connectivity index (χ0n) is 11.0. The lowest BCUT2D eigenvalue weighted by Crippen LogP contribution is -2.10. The lowest BCUT2D eigenvalue weighted by Gasteiger charge is -2.16. The molecule has 0 bridgehead atoms. The number of nitrogens with one attached hydrogen (secondary N) is 1. The molecule has 4 nitrogen and oxygen atoms in total. The highest BCUT2D eigenvalue weighted by molar-refractivity contribution is 7.71. The summed E-state index contributed by atoms with van der Waals surface area (Å²) in [6.07, 6.45) is -0.150. The zero-order chi connectivity index (χ0) is 13.3. The van der Waals surface area contributed by atoms with Crippen LogP contribution < -0.4 is 4.74 Å². The Bertz CT molecular complexity index is 615. The topological polar surface area (TPSA) is 42.8 Å². The van der Waals surface area contributed by atoms with Gasteiger partial charge in [-0.1, -0.05) is 12.1 Å².